The summed E-state index contributed by atoms with van der Waals surface area (Å²) in [7, 11) is 0.687. The fraction of sp³-hybridized carbons (Fsp3) is 0.667. The van der Waals surface area contributed by atoms with Gasteiger partial charge in [0.05, 0.1) is 0 Å². The Morgan fingerprint density at radius 1 is 1.86 bits per heavy atom. The van der Waals surface area contributed by atoms with E-state index in [9.17, 15) is 4.79 Å². The van der Waals surface area contributed by atoms with Crippen LogP contribution in [0.2, 0.25) is 0 Å². The first-order valence-corrected chi connectivity index (χ1v) is 2.86. The van der Waals surface area contributed by atoms with Crippen LogP contribution in [0.5, 0.6) is 0 Å². The zero-order valence-electron chi connectivity index (χ0n) is 4.31. The second-order valence-electron chi connectivity index (χ2n) is 1.21. The molecule has 0 bridgehead atoms. The molecule has 2 N–H and O–H groups in total. The SMILES string of the molecule is NC(=O)CCO[PH4]. The van der Waals surface area contributed by atoms with Crippen molar-refractivity contribution < 1.29 is 9.32 Å². The molecular weight excluding hydrogens is 113 g/mol. The number of amides is 1. The Kier molecular flexibility index (Phi) is 3.95. The predicted molar refractivity (Wildman–Crippen MR) is 32.3 cm³/mol. The van der Waals surface area contributed by atoms with Gasteiger partial charge in [0.25, 0.3) is 0 Å². The average Bonchev–Trinajstić information content (AvgIpc) is 1.61. The van der Waals surface area contributed by atoms with Crippen LogP contribution in [0.1, 0.15) is 6.42 Å². The number of nitrogens with two attached hydrogens (primary N) is 1. The van der Waals surface area contributed by atoms with Crippen LogP contribution in [0, 0.1) is 0 Å². The van der Waals surface area contributed by atoms with E-state index in [1.807, 2.05) is 0 Å². The summed E-state index contributed by atoms with van der Waals surface area (Å²) in [5.41, 5.74) is 4.78. The Bertz CT molecular complexity index is 66.0. The molecule has 0 aromatic heterocycles. The van der Waals surface area contributed by atoms with Crippen molar-refractivity contribution in [2.45, 2.75) is 6.42 Å². The first kappa shape index (κ1) is 6.86. The standard InChI is InChI=1S/C3H10NO2P/c4-3(5)1-2-6-7/h1-2H2,7H4,(H2,4,5). The molecule has 44 valence electrons. The molecule has 0 spiro atoms. The van der Waals surface area contributed by atoms with E-state index in [0.29, 0.717) is 22.5 Å². The van der Waals surface area contributed by atoms with E-state index >= 15 is 0 Å². The predicted octanol–water partition coefficient (Wildman–Crippen LogP) is -0.867. The maximum absolute atomic E-state index is 9.92. The van der Waals surface area contributed by atoms with Gasteiger partial charge in [-0.3, -0.25) is 0 Å². The van der Waals surface area contributed by atoms with E-state index in [4.69, 9.17) is 10.3 Å². The van der Waals surface area contributed by atoms with Crippen molar-refractivity contribution in [2.75, 3.05) is 6.61 Å². The number of rotatable bonds is 3. The van der Waals surface area contributed by atoms with Crippen LogP contribution in [-0.4, -0.2) is 12.5 Å². The second kappa shape index (κ2) is 4.03. The molecule has 3 nitrogen and oxygen atoms in total. The van der Waals surface area contributed by atoms with Crippen molar-refractivity contribution in [3.8, 4) is 0 Å². The summed E-state index contributed by atoms with van der Waals surface area (Å²) in [4.78, 5) is 9.92. The summed E-state index contributed by atoms with van der Waals surface area (Å²) < 4.78 is 4.69. The summed E-state index contributed by atoms with van der Waals surface area (Å²) in [6.45, 7) is 0.488. The molecule has 0 aromatic carbocycles. The van der Waals surface area contributed by atoms with Crippen LogP contribution in [0.3, 0.4) is 0 Å². The molecule has 0 atom stereocenters. The average molecular weight is 123 g/mol. The van der Waals surface area contributed by atoms with Crippen molar-refractivity contribution >= 4 is 15.4 Å². The number of carbonyl (C=O) groups excluding carboxylic acids is 1. The van der Waals surface area contributed by atoms with Gasteiger partial charge in [-0.15, -0.1) is 0 Å². The Morgan fingerprint density at radius 2 is 2.43 bits per heavy atom. The molecule has 0 unspecified atom stereocenters. The number of carbonyl (C=O) groups is 1. The van der Waals surface area contributed by atoms with Crippen molar-refractivity contribution in [3.05, 3.63) is 0 Å². The molecule has 0 aromatic rings. The monoisotopic (exact) mass is 123 g/mol. The van der Waals surface area contributed by atoms with Gasteiger partial charge in [-0.2, -0.15) is 0 Å². The van der Waals surface area contributed by atoms with Gasteiger partial charge in [-0.05, 0) is 0 Å². The minimum atomic E-state index is -0.296. The molecule has 0 saturated heterocycles. The second-order valence-corrected chi connectivity index (χ2v) is 1.79. The summed E-state index contributed by atoms with van der Waals surface area (Å²) in [6.07, 6.45) is 0.351. The Balaban J connectivity index is 2.82. The molecule has 1 amide bonds. The fourth-order valence-electron chi connectivity index (χ4n) is 0.203. The normalized spacial score (nSPS) is 8.86. The van der Waals surface area contributed by atoms with E-state index in [1.54, 1.807) is 0 Å². The summed E-state index contributed by atoms with van der Waals surface area (Å²) >= 11 is 0. The van der Waals surface area contributed by atoms with Crippen LogP contribution in [0.15, 0.2) is 0 Å². The first-order valence-electron chi connectivity index (χ1n) is 2.04. The molecule has 4 heteroatoms. The van der Waals surface area contributed by atoms with Crippen molar-refractivity contribution in [1.29, 1.82) is 0 Å². The minimum absolute atomic E-state index is 0.296. The third-order valence-corrected chi connectivity index (χ3v) is 0.961. The van der Waals surface area contributed by atoms with Gasteiger partial charge >= 0.3 is 43.5 Å². The Hall–Kier alpha value is -0.140. The summed E-state index contributed by atoms with van der Waals surface area (Å²) in [5.74, 6) is -0.296. The van der Waals surface area contributed by atoms with Gasteiger partial charge in [0, 0.05) is 0 Å². The fourth-order valence-corrected chi connectivity index (χ4v) is 0.407. The van der Waals surface area contributed by atoms with Gasteiger partial charge in [0.2, 0.25) is 0 Å². The van der Waals surface area contributed by atoms with Gasteiger partial charge in [-0.1, -0.05) is 0 Å². The van der Waals surface area contributed by atoms with Crippen LogP contribution in [0.4, 0.5) is 0 Å². The molecule has 0 aliphatic carbocycles. The van der Waals surface area contributed by atoms with E-state index in [0.717, 1.165) is 0 Å². The van der Waals surface area contributed by atoms with Crippen molar-refractivity contribution in [3.63, 3.8) is 0 Å². The maximum atomic E-state index is 9.92. The quantitative estimate of drug-likeness (QED) is 0.496. The topological polar surface area (TPSA) is 52.3 Å². The molecule has 0 aliphatic rings. The van der Waals surface area contributed by atoms with E-state index in [-0.39, 0.29) is 5.91 Å². The first-order chi connectivity index (χ1) is 3.27. The van der Waals surface area contributed by atoms with E-state index < -0.39 is 0 Å². The van der Waals surface area contributed by atoms with Gasteiger partial charge in [0.1, 0.15) is 0 Å². The summed E-state index contributed by atoms with van der Waals surface area (Å²) in [5, 5.41) is 0. The number of hydrogen-bond donors (Lipinski definition) is 1. The molecule has 0 fully saturated rings. The van der Waals surface area contributed by atoms with Crippen LogP contribution >= 0.6 is 9.47 Å². The van der Waals surface area contributed by atoms with Crippen LogP contribution in [0.25, 0.3) is 0 Å². The molecule has 0 heterocycles. The zero-order chi connectivity index (χ0) is 5.70. The van der Waals surface area contributed by atoms with Crippen molar-refractivity contribution in [1.82, 2.24) is 0 Å². The molecule has 7 heavy (non-hydrogen) atoms. The molecule has 0 rings (SSSR count). The van der Waals surface area contributed by atoms with Crippen molar-refractivity contribution in [2.24, 2.45) is 5.73 Å². The Morgan fingerprint density at radius 3 is 2.57 bits per heavy atom. The Labute approximate surface area is 44.5 Å². The molecule has 0 aliphatic heterocycles. The molecule has 0 radical (unpaired) electrons. The molecular formula is C3H10NO2P. The van der Waals surface area contributed by atoms with Crippen LogP contribution < -0.4 is 5.73 Å². The van der Waals surface area contributed by atoms with Crippen LogP contribution in [-0.2, 0) is 9.32 Å². The van der Waals surface area contributed by atoms with Gasteiger partial charge in [0.15, 0.2) is 0 Å². The number of primary amides is 1. The third-order valence-electron chi connectivity index (χ3n) is 0.553. The zero-order valence-corrected chi connectivity index (χ0v) is 6.31. The molecule has 0 saturated carbocycles. The van der Waals surface area contributed by atoms with E-state index in [1.165, 1.54) is 0 Å². The van der Waals surface area contributed by atoms with E-state index in [2.05, 4.69) is 0 Å². The van der Waals surface area contributed by atoms with Gasteiger partial charge in [-0.25, -0.2) is 0 Å². The van der Waals surface area contributed by atoms with Gasteiger partial charge < -0.3 is 0 Å². The number of hydrogen-bond acceptors (Lipinski definition) is 2. The summed E-state index contributed by atoms with van der Waals surface area (Å²) in [6, 6.07) is 0. The third kappa shape index (κ3) is 5.86.